The Morgan fingerprint density at radius 3 is 2.88 bits per heavy atom. The van der Waals surface area contributed by atoms with Gasteiger partial charge in [0.1, 0.15) is 0 Å². The highest BCUT2D eigenvalue weighted by molar-refractivity contribution is 7.99. The first kappa shape index (κ1) is 13.3. The van der Waals surface area contributed by atoms with Crippen LogP contribution in [0, 0.1) is 5.92 Å². The normalized spacial score (nSPS) is 21.7. The minimum atomic E-state index is -0.919. The maximum atomic E-state index is 11.6. The van der Waals surface area contributed by atoms with Crippen LogP contribution < -0.4 is 5.32 Å². The summed E-state index contributed by atoms with van der Waals surface area (Å²) >= 11 is 1.77. The summed E-state index contributed by atoms with van der Waals surface area (Å²) in [5.74, 6) is 1.06. The van der Waals surface area contributed by atoms with Crippen molar-refractivity contribution in [2.24, 2.45) is 5.92 Å². The first-order valence-corrected chi connectivity index (χ1v) is 6.39. The van der Waals surface area contributed by atoms with Crippen molar-refractivity contribution >= 4 is 23.6 Å². The van der Waals surface area contributed by atoms with Crippen LogP contribution in [0.4, 0.5) is 0 Å². The molecule has 1 amide bonds. The number of carbonyl (C=O) groups is 2. The Hall–Kier alpha value is -0.750. The van der Waals surface area contributed by atoms with Crippen LogP contribution in [-0.4, -0.2) is 48.2 Å². The fourth-order valence-electron chi connectivity index (χ4n) is 1.53. The first-order chi connectivity index (χ1) is 7.63. The van der Waals surface area contributed by atoms with Gasteiger partial charge in [-0.15, -0.1) is 0 Å². The molecule has 0 aromatic heterocycles. The van der Waals surface area contributed by atoms with Gasteiger partial charge in [0.2, 0.25) is 5.91 Å². The molecule has 0 aromatic rings. The van der Waals surface area contributed by atoms with Crippen LogP contribution in [0.5, 0.6) is 0 Å². The zero-order chi connectivity index (χ0) is 12.0. The van der Waals surface area contributed by atoms with Crippen molar-refractivity contribution in [1.82, 2.24) is 5.32 Å². The average molecular weight is 247 g/mol. The highest BCUT2D eigenvalue weighted by Crippen LogP contribution is 2.23. The number of amides is 1. The van der Waals surface area contributed by atoms with Gasteiger partial charge >= 0.3 is 5.97 Å². The van der Waals surface area contributed by atoms with Crippen molar-refractivity contribution in [2.45, 2.75) is 18.9 Å². The van der Waals surface area contributed by atoms with Gasteiger partial charge in [0.15, 0.2) is 0 Å². The number of hydrogen-bond donors (Lipinski definition) is 2. The van der Waals surface area contributed by atoms with Gasteiger partial charge in [-0.25, -0.2) is 0 Å². The van der Waals surface area contributed by atoms with Crippen molar-refractivity contribution in [3.05, 3.63) is 0 Å². The van der Waals surface area contributed by atoms with E-state index >= 15 is 0 Å². The molecule has 1 rings (SSSR count). The van der Waals surface area contributed by atoms with E-state index in [4.69, 9.17) is 9.84 Å². The van der Waals surface area contributed by atoms with E-state index in [2.05, 4.69) is 5.32 Å². The predicted octanol–water partition coefficient (Wildman–Crippen LogP) is 0.345. The number of thioether (sulfide) groups is 1. The van der Waals surface area contributed by atoms with E-state index in [9.17, 15) is 9.59 Å². The molecule has 6 heteroatoms. The molecule has 0 aliphatic carbocycles. The molecule has 16 heavy (non-hydrogen) atoms. The van der Waals surface area contributed by atoms with Crippen molar-refractivity contribution < 1.29 is 19.4 Å². The molecule has 1 aliphatic heterocycles. The third-order valence-electron chi connectivity index (χ3n) is 2.54. The summed E-state index contributed by atoms with van der Waals surface area (Å²) in [4.78, 5) is 22.1. The molecule has 92 valence electrons. The summed E-state index contributed by atoms with van der Waals surface area (Å²) in [6, 6.07) is 0. The summed E-state index contributed by atoms with van der Waals surface area (Å²) in [6.07, 6.45) is 0.374. The van der Waals surface area contributed by atoms with Gasteiger partial charge in [0.25, 0.3) is 0 Å². The molecule has 1 fully saturated rings. The summed E-state index contributed by atoms with van der Waals surface area (Å²) in [5.41, 5.74) is 0. The van der Waals surface area contributed by atoms with E-state index in [-0.39, 0.29) is 24.8 Å². The van der Waals surface area contributed by atoms with Crippen LogP contribution in [0.2, 0.25) is 0 Å². The van der Waals surface area contributed by atoms with E-state index in [1.165, 1.54) is 7.11 Å². The summed E-state index contributed by atoms with van der Waals surface area (Å²) in [5, 5.41) is 11.3. The molecule has 0 saturated carbocycles. The molecule has 1 heterocycles. The number of carbonyl (C=O) groups excluding carboxylic acids is 1. The van der Waals surface area contributed by atoms with Crippen molar-refractivity contribution in [3.63, 3.8) is 0 Å². The fraction of sp³-hybridized carbons (Fsp3) is 0.800. The number of nitrogens with one attached hydrogen (secondary N) is 1. The van der Waals surface area contributed by atoms with Crippen LogP contribution >= 0.6 is 11.8 Å². The minimum Gasteiger partial charge on any atom is -0.481 e. The lowest BCUT2D eigenvalue weighted by atomic mass is 10.1. The largest absolute Gasteiger partial charge is 0.481 e. The molecule has 0 bridgehead atoms. The zero-order valence-corrected chi connectivity index (χ0v) is 10.1. The third kappa shape index (κ3) is 4.40. The highest BCUT2D eigenvalue weighted by Gasteiger charge is 2.23. The number of aliphatic carboxylic acids is 1. The predicted molar refractivity (Wildman–Crippen MR) is 61.5 cm³/mol. The topological polar surface area (TPSA) is 75.6 Å². The van der Waals surface area contributed by atoms with Gasteiger partial charge in [-0.05, 0) is 12.2 Å². The third-order valence-corrected chi connectivity index (χ3v) is 3.70. The molecular formula is C10H17NO4S. The smallest absolute Gasteiger partial charge is 0.306 e. The van der Waals surface area contributed by atoms with Gasteiger partial charge in [0.05, 0.1) is 12.5 Å². The molecule has 2 atom stereocenters. The van der Waals surface area contributed by atoms with Crippen molar-refractivity contribution in [1.29, 1.82) is 0 Å². The monoisotopic (exact) mass is 247 g/mol. The molecule has 0 radical (unpaired) electrons. The summed E-state index contributed by atoms with van der Waals surface area (Å²) < 4.78 is 4.97. The Morgan fingerprint density at radius 1 is 1.62 bits per heavy atom. The summed E-state index contributed by atoms with van der Waals surface area (Å²) in [7, 11) is 1.45. The second-order valence-corrected chi connectivity index (χ2v) is 4.91. The Morgan fingerprint density at radius 2 is 2.38 bits per heavy atom. The van der Waals surface area contributed by atoms with E-state index in [0.29, 0.717) is 0 Å². The number of methoxy groups -OCH3 is 1. The van der Waals surface area contributed by atoms with Gasteiger partial charge < -0.3 is 15.2 Å². The number of carboxylic acids is 1. The van der Waals surface area contributed by atoms with Crippen LogP contribution in [0.1, 0.15) is 12.8 Å². The van der Waals surface area contributed by atoms with Gasteiger partial charge in [-0.2, -0.15) is 11.8 Å². The van der Waals surface area contributed by atoms with Gasteiger partial charge in [-0.3, -0.25) is 9.59 Å². The standard InChI is InChI=1S/C10H17NO4S/c1-15-8(4-9(12)13)5-11-10(14)7-2-3-16-6-7/h7-8H,2-6H2,1H3,(H,11,14)(H,12,13). The Bertz CT molecular complexity index is 253. The second-order valence-electron chi connectivity index (χ2n) is 3.76. The molecule has 0 spiro atoms. The van der Waals surface area contributed by atoms with Gasteiger partial charge in [-0.1, -0.05) is 0 Å². The summed E-state index contributed by atoms with van der Waals surface area (Å²) in [6.45, 7) is 0.267. The minimum absolute atomic E-state index is 0.0115. The maximum absolute atomic E-state index is 11.6. The number of rotatable bonds is 6. The molecular weight excluding hydrogens is 230 g/mol. The van der Waals surface area contributed by atoms with Crippen LogP contribution in [0.3, 0.4) is 0 Å². The Labute approximate surface area is 98.9 Å². The molecule has 2 N–H and O–H groups in total. The first-order valence-electron chi connectivity index (χ1n) is 5.23. The van der Waals surface area contributed by atoms with E-state index in [0.717, 1.165) is 17.9 Å². The average Bonchev–Trinajstić information content (AvgIpc) is 2.76. The van der Waals surface area contributed by atoms with Crippen LogP contribution in [0.25, 0.3) is 0 Å². The molecule has 0 aromatic carbocycles. The lowest BCUT2D eigenvalue weighted by Crippen LogP contribution is -2.38. The number of hydrogen-bond acceptors (Lipinski definition) is 4. The van der Waals surface area contributed by atoms with E-state index in [1.54, 1.807) is 11.8 Å². The van der Waals surface area contributed by atoms with Gasteiger partial charge in [0, 0.05) is 25.3 Å². The second kappa shape index (κ2) is 6.75. The fourth-order valence-corrected chi connectivity index (χ4v) is 2.75. The lowest BCUT2D eigenvalue weighted by Gasteiger charge is -2.15. The Kier molecular flexibility index (Phi) is 5.62. The molecule has 1 aliphatic rings. The van der Waals surface area contributed by atoms with Crippen LogP contribution in [-0.2, 0) is 14.3 Å². The Balaban J connectivity index is 2.25. The number of ether oxygens (including phenoxy) is 1. The van der Waals surface area contributed by atoms with Crippen molar-refractivity contribution in [3.8, 4) is 0 Å². The quantitative estimate of drug-likeness (QED) is 0.708. The SMILES string of the molecule is COC(CNC(=O)C1CCSC1)CC(=O)O. The van der Waals surface area contributed by atoms with E-state index in [1.807, 2.05) is 0 Å². The zero-order valence-electron chi connectivity index (χ0n) is 9.27. The van der Waals surface area contributed by atoms with E-state index < -0.39 is 12.1 Å². The lowest BCUT2D eigenvalue weighted by molar-refractivity contribution is -0.140. The van der Waals surface area contributed by atoms with Crippen LogP contribution in [0.15, 0.2) is 0 Å². The number of carboxylic acid groups (broad SMARTS) is 1. The van der Waals surface area contributed by atoms with Crippen molar-refractivity contribution in [2.75, 3.05) is 25.2 Å². The maximum Gasteiger partial charge on any atom is 0.306 e. The molecule has 2 unspecified atom stereocenters. The molecule has 5 nitrogen and oxygen atoms in total. The highest BCUT2D eigenvalue weighted by atomic mass is 32.2. The molecule has 1 saturated heterocycles.